The van der Waals surface area contributed by atoms with Crippen LogP contribution in [0.15, 0.2) is 34.9 Å². The second-order valence-electron chi connectivity index (χ2n) is 3.57. The van der Waals surface area contributed by atoms with Gasteiger partial charge in [0.25, 0.3) is 5.91 Å². The van der Waals surface area contributed by atoms with E-state index < -0.39 is 0 Å². The Morgan fingerprint density at radius 2 is 1.89 bits per heavy atom. The molecule has 0 bridgehead atoms. The molecule has 0 aliphatic carbocycles. The quantitative estimate of drug-likeness (QED) is 0.740. The van der Waals surface area contributed by atoms with Gasteiger partial charge in [0.15, 0.2) is 0 Å². The molecule has 1 N–H and O–H groups in total. The Hall–Kier alpha value is -0.810. The summed E-state index contributed by atoms with van der Waals surface area (Å²) in [5.74, 6) is -0.372. The van der Waals surface area contributed by atoms with Crippen molar-refractivity contribution < 1.29 is 4.79 Å². The van der Waals surface area contributed by atoms with E-state index in [2.05, 4.69) is 26.2 Å². The molecule has 1 amide bonds. The fourth-order valence-corrected chi connectivity index (χ4v) is 2.20. The van der Waals surface area contributed by atoms with Crippen LogP contribution in [0.2, 0.25) is 15.2 Å². The Morgan fingerprint density at radius 3 is 2.58 bits per heavy atom. The summed E-state index contributed by atoms with van der Waals surface area (Å²) < 4.78 is 0.686. The lowest BCUT2D eigenvalue weighted by Crippen LogP contribution is -2.12. The number of benzene rings is 1. The SMILES string of the molecule is O=C(Nc1ccc(Cl)c(Br)c1)c1cc(Cl)ncc1Cl. The molecule has 2 aromatic rings. The summed E-state index contributed by atoms with van der Waals surface area (Å²) in [6, 6.07) is 6.45. The molecule has 1 heterocycles. The van der Waals surface area contributed by atoms with E-state index in [-0.39, 0.29) is 21.6 Å². The number of anilines is 1. The Labute approximate surface area is 133 Å². The standard InChI is InChI=1S/C12H6BrCl3N2O/c13-8-3-6(1-2-9(8)14)18-12(19)7-4-11(16)17-5-10(7)15/h1-5H,(H,18,19). The number of hydrogen-bond donors (Lipinski definition) is 1. The van der Waals surface area contributed by atoms with E-state index in [1.54, 1.807) is 18.2 Å². The maximum Gasteiger partial charge on any atom is 0.257 e. The largest absolute Gasteiger partial charge is 0.322 e. The second kappa shape index (κ2) is 6.09. The fraction of sp³-hybridized carbons (Fsp3) is 0. The highest BCUT2D eigenvalue weighted by atomic mass is 79.9. The van der Waals surface area contributed by atoms with Gasteiger partial charge in [0.1, 0.15) is 5.15 Å². The summed E-state index contributed by atoms with van der Waals surface area (Å²) in [6.45, 7) is 0. The van der Waals surface area contributed by atoms with E-state index in [0.717, 1.165) is 0 Å². The summed E-state index contributed by atoms with van der Waals surface area (Å²) in [4.78, 5) is 15.8. The van der Waals surface area contributed by atoms with Crippen molar-refractivity contribution in [2.75, 3.05) is 5.32 Å². The van der Waals surface area contributed by atoms with Gasteiger partial charge in [-0.3, -0.25) is 4.79 Å². The van der Waals surface area contributed by atoms with Crippen LogP contribution >= 0.6 is 50.7 Å². The average Bonchev–Trinajstić information content (AvgIpc) is 2.36. The van der Waals surface area contributed by atoms with Gasteiger partial charge in [-0.05, 0) is 40.2 Å². The number of carbonyl (C=O) groups excluding carboxylic acids is 1. The molecule has 0 saturated heterocycles. The van der Waals surface area contributed by atoms with E-state index in [9.17, 15) is 4.79 Å². The highest BCUT2D eigenvalue weighted by Gasteiger charge is 2.12. The summed E-state index contributed by atoms with van der Waals surface area (Å²) in [5.41, 5.74) is 0.845. The molecule has 0 aliphatic heterocycles. The van der Waals surface area contributed by atoms with Crippen LogP contribution in [0.4, 0.5) is 5.69 Å². The number of hydrogen-bond acceptors (Lipinski definition) is 2. The van der Waals surface area contributed by atoms with Crippen LogP contribution < -0.4 is 5.32 Å². The minimum atomic E-state index is -0.372. The van der Waals surface area contributed by atoms with E-state index in [4.69, 9.17) is 34.8 Å². The van der Waals surface area contributed by atoms with Gasteiger partial charge in [0.05, 0.1) is 15.6 Å². The van der Waals surface area contributed by atoms with Gasteiger partial charge in [-0.1, -0.05) is 34.8 Å². The number of nitrogens with zero attached hydrogens (tertiary/aromatic N) is 1. The number of carbonyl (C=O) groups is 1. The number of halogens is 4. The minimum Gasteiger partial charge on any atom is -0.322 e. The van der Waals surface area contributed by atoms with Crippen molar-refractivity contribution >= 4 is 62.3 Å². The molecule has 1 aromatic heterocycles. The first-order valence-corrected chi connectivity index (χ1v) is 6.97. The molecule has 0 atom stereocenters. The first-order chi connectivity index (χ1) is 8.97. The Balaban J connectivity index is 2.25. The third kappa shape index (κ3) is 3.60. The molecule has 19 heavy (non-hydrogen) atoms. The predicted octanol–water partition coefficient (Wildman–Crippen LogP) is 5.06. The third-order valence-corrected chi connectivity index (χ3v) is 3.97. The lowest BCUT2D eigenvalue weighted by atomic mass is 10.2. The fourth-order valence-electron chi connectivity index (χ4n) is 1.36. The Morgan fingerprint density at radius 1 is 1.16 bits per heavy atom. The summed E-state index contributed by atoms with van der Waals surface area (Å²) in [5, 5.41) is 3.69. The molecule has 0 fully saturated rings. The van der Waals surface area contributed by atoms with Crippen LogP contribution in [-0.2, 0) is 0 Å². The zero-order valence-electron chi connectivity index (χ0n) is 9.25. The summed E-state index contributed by atoms with van der Waals surface area (Å²) in [6.07, 6.45) is 1.33. The highest BCUT2D eigenvalue weighted by Crippen LogP contribution is 2.26. The zero-order valence-corrected chi connectivity index (χ0v) is 13.1. The lowest BCUT2D eigenvalue weighted by molar-refractivity contribution is 0.102. The highest BCUT2D eigenvalue weighted by molar-refractivity contribution is 9.10. The van der Waals surface area contributed by atoms with E-state index in [0.29, 0.717) is 15.2 Å². The minimum absolute atomic E-state index is 0.201. The number of amides is 1. The van der Waals surface area contributed by atoms with Gasteiger partial charge in [-0.15, -0.1) is 0 Å². The molecule has 7 heteroatoms. The molecule has 1 aromatic carbocycles. The first kappa shape index (κ1) is 14.6. The Bertz CT molecular complexity index is 649. The van der Waals surface area contributed by atoms with Crippen molar-refractivity contribution in [1.29, 1.82) is 0 Å². The van der Waals surface area contributed by atoms with E-state index >= 15 is 0 Å². The van der Waals surface area contributed by atoms with Gasteiger partial charge in [0.2, 0.25) is 0 Å². The molecule has 3 nitrogen and oxygen atoms in total. The monoisotopic (exact) mass is 378 g/mol. The maximum atomic E-state index is 12.1. The van der Waals surface area contributed by atoms with Crippen LogP contribution in [0, 0.1) is 0 Å². The molecule has 0 aliphatic rings. The van der Waals surface area contributed by atoms with Crippen LogP contribution in [0.25, 0.3) is 0 Å². The van der Waals surface area contributed by atoms with Crippen molar-refractivity contribution in [2.45, 2.75) is 0 Å². The van der Waals surface area contributed by atoms with Crippen molar-refractivity contribution in [2.24, 2.45) is 0 Å². The van der Waals surface area contributed by atoms with Crippen molar-refractivity contribution in [3.8, 4) is 0 Å². The molecule has 98 valence electrons. The normalized spacial score (nSPS) is 10.3. The van der Waals surface area contributed by atoms with E-state index in [1.165, 1.54) is 12.3 Å². The average molecular weight is 380 g/mol. The number of pyridine rings is 1. The molecular weight excluding hydrogens is 374 g/mol. The lowest BCUT2D eigenvalue weighted by Gasteiger charge is -2.07. The van der Waals surface area contributed by atoms with Crippen molar-refractivity contribution in [3.05, 3.63) is 55.7 Å². The van der Waals surface area contributed by atoms with Gasteiger partial charge < -0.3 is 5.32 Å². The van der Waals surface area contributed by atoms with E-state index in [1.807, 2.05) is 0 Å². The summed E-state index contributed by atoms with van der Waals surface area (Å²) >= 11 is 20.8. The van der Waals surface area contributed by atoms with Gasteiger partial charge >= 0.3 is 0 Å². The van der Waals surface area contributed by atoms with Crippen LogP contribution in [-0.4, -0.2) is 10.9 Å². The smallest absolute Gasteiger partial charge is 0.257 e. The number of aromatic nitrogens is 1. The van der Waals surface area contributed by atoms with Crippen LogP contribution in [0.3, 0.4) is 0 Å². The first-order valence-electron chi connectivity index (χ1n) is 5.05. The molecule has 0 radical (unpaired) electrons. The third-order valence-electron chi connectivity index (χ3n) is 2.24. The zero-order chi connectivity index (χ0) is 14.0. The van der Waals surface area contributed by atoms with Gasteiger partial charge in [-0.2, -0.15) is 0 Å². The summed E-state index contributed by atoms with van der Waals surface area (Å²) in [7, 11) is 0. The predicted molar refractivity (Wildman–Crippen MR) is 81.4 cm³/mol. The van der Waals surface area contributed by atoms with Gasteiger partial charge in [-0.25, -0.2) is 4.98 Å². The maximum absolute atomic E-state index is 12.1. The van der Waals surface area contributed by atoms with Crippen LogP contribution in [0.1, 0.15) is 10.4 Å². The second-order valence-corrected chi connectivity index (χ2v) is 5.63. The van der Waals surface area contributed by atoms with Crippen molar-refractivity contribution in [1.82, 2.24) is 4.98 Å². The van der Waals surface area contributed by atoms with Crippen LogP contribution in [0.5, 0.6) is 0 Å². The molecule has 2 rings (SSSR count). The number of rotatable bonds is 2. The molecular formula is C12H6BrCl3N2O. The van der Waals surface area contributed by atoms with Crippen molar-refractivity contribution in [3.63, 3.8) is 0 Å². The number of nitrogens with one attached hydrogen (secondary N) is 1. The topological polar surface area (TPSA) is 42.0 Å². The molecule has 0 saturated carbocycles. The molecule has 0 unspecified atom stereocenters. The van der Waals surface area contributed by atoms with Gasteiger partial charge in [0, 0.05) is 16.4 Å². The Kier molecular flexibility index (Phi) is 4.68. The molecule has 0 spiro atoms.